The zero-order valence-corrected chi connectivity index (χ0v) is 15.7. The number of nitro groups is 1. The zero-order valence-electron chi connectivity index (χ0n) is 15.7. The van der Waals surface area contributed by atoms with E-state index in [9.17, 15) is 14.9 Å². The number of non-ortho nitro benzene ring substituents is 1. The Kier molecular flexibility index (Phi) is 8.00. The molecule has 144 valence electrons. The summed E-state index contributed by atoms with van der Waals surface area (Å²) in [5.41, 5.74) is 1.16. The first-order valence-electron chi connectivity index (χ1n) is 9.38. The largest absolute Gasteiger partial charge is 0.466 e. The van der Waals surface area contributed by atoms with Gasteiger partial charge >= 0.3 is 5.97 Å². The van der Waals surface area contributed by atoms with Crippen molar-refractivity contribution in [2.75, 3.05) is 32.8 Å². The van der Waals surface area contributed by atoms with E-state index in [-0.39, 0.29) is 22.6 Å². The Morgan fingerprint density at radius 1 is 1.27 bits per heavy atom. The lowest BCUT2D eigenvalue weighted by Gasteiger charge is -2.41. The van der Waals surface area contributed by atoms with Crippen LogP contribution in [0.5, 0.6) is 0 Å². The van der Waals surface area contributed by atoms with E-state index in [1.165, 1.54) is 0 Å². The second-order valence-corrected chi connectivity index (χ2v) is 6.71. The molecule has 7 heteroatoms. The van der Waals surface area contributed by atoms with Gasteiger partial charge in [-0.3, -0.25) is 24.7 Å². The molecule has 1 unspecified atom stereocenters. The van der Waals surface area contributed by atoms with Crippen LogP contribution in [-0.4, -0.2) is 59.5 Å². The van der Waals surface area contributed by atoms with E-state index in [0.717, 1.165) is 51.1 Å². The fraction of sp³-hybridized carbons (Fsp3) is 0.632. The van der Waals surface area contributed by atoms with E-state index in [1.54, 1.807) is 12.1 Å². The summed E-state index contributed by atoms with van der Waals surface area (Å²) in [6.45, 7) is 8.81. The lowest BCUT2D eigenvalue weighted by Crippen LogP contribution is -2.53. The van der Waals surface area contributed by atoms with E-state index >= 15 is 0 Å². The molecule has 0 N–H and O–H groups in total. The van der Waals surface area contributed by atoms with E-state index in [4.69, 9.17) is 4.74 Å². The minimum atomic E-state index is -0.383. The van der Waals surface area contributed by atoms with Gasteiger partial charge in [0.05, 0.1) is 18.0 Å². The lowest BCUT2D eigenvalue weighted by atomic mass is 10.1. The van der Waals surface area contributed by atoms with Gasteiger partial charge < -0.3 is 4.74 Å². The van der Waals surface area contributed by atoms with Gasteiger partial charge in [0.15, 0.2) is 0 Å². The molecule has 0 spiro atoms. The number of nitro benzene ring substituents is 1. The molecule has 26 heavy (non-hydrogen) atoms. The number of esters is 1. The highest BCUT2D eigenvalue weighted by Crippen LogP contribution is 2.18. The predicted molar refractivity (Wildman–Crippen MR) is 99.9 cm³/mol. The van der Waals surface area contributed by atoms with Crippen LogP contribution in [0.25, 0.3) is 0 Å². The average Bonchev–Trinajstić information content (AvgIpc) is 2.62. The monoisotopic (exact) mass is 363 g/mol. The van der Waals surface area contributed by atoms with Gasteiger partial charge in [0, 0.05) is 44.4 Å². The van der Waals surface area contributed by atoms with Crippen molar-refractivity contribution < 1.29 is 14.5 Å². The number of piperazine rings is 1. The average molecular weight is 363 g/mol. The maximum atomic E-state index is 12.0. The Balaban J connectivity index is 1.97. The minimum absolute atomic E-state index is 0.110. The Bertz CT molecular complexity index is 591. The van der Waals surface area contributed by atoms with Gasteiger partial charge in [0.1, 0.15) is 0 Å². The fourth-order valence-electron chi connectivity index (χ4n) is 3.34. The molecule has 0 radical (unpaired) electrons. The van der Waals surface area contributed by atoms with Crippen LogP contribution in [-0.2, 0) is 16.1 Å². The van der Waals surface area contributed by atoms with Crippen molar-refractivity contribution >= 4 is 11.7 Å². The molecule has 0 amide bonds. The Hall–Kier alpha value is -1.99. The van der Waals surface area contributed by atoms with Crippen LogP contribution < -0.4 is 0 Å². The first-order chi connectivity index (χ1) is 12.5. The van der Waals surface area contributed by atoms with Crippen LogP contribution in [0.1, 0.15) is 38.7 Å². The van der Waals surface area contributed by atoms with Crippen molar-refractivity contribution in [3.63, 3.8) is 0 Å². The molecule has 2 rings (SSSR count). The molecule has 0 aromatic heterocycles. The summed E-state index contributed by atoms with van der Waals surface area (Å²) in [7, 11) is 0. The predicted octanol–water partition coefficient (Wildman–Crippen LogP) is 2.83. The summed E-state index contributed by atoms with van der Waals surface area (Å²) in [5, 5.41) is 10.8. The topological polar surface area (TPSA) is 75.9 Å². The first kappa shape index (κ1) is 20.3. The van der Waals surface area contributed by atoms with Crippen LogP contribution in [0.4, 0.5) is 5.69 Å². The molecule has 1 atom stereocenters. The molecule has 1 aliphatic rings. The molecular formula is C19H29N3O4. The van der Waals surface area contributed by atoms with Gasteiger partial charge in [-0.1, -0.05) is 25.5 Å². The summed E-state index contributed by atoms with van der Waals surface area (Å²) in [6, 6.07) is 6.86. The Morgan fingerprint density at radius 3 is 2.62 bits per heavy atom. The van der Waals surface area contributed by atoms with E-state index < -0.39 is 0 Å². The summed E-state index contributed by atoms with van der Waals surface area (Å²) in [5.74, 6) is -0.142. The van der Waals surface area contributed by atoms with Crippen LogP contribution in [0.2, 0.25) is 0 Å². The molecule has 0 saturated carbocycles. The highest BCUT2D eigenvalue weighted by molar-refractivity contribution is 5.70. The summed E-state index contributed by atoms with van der Waals surface area (Å²) < 4.78 is 5.14. The molecule has 7 nitrogen and oxygen atoms in total. The number of rotatable bonds is 9. The highest BCUT2D eigenvalue weighted by Gasteiger charge is 2.28. The fourth-order valence-corrected chi connectivity index (χ4v) is 3.34. The van der Waals surface area contributed by atoms with E-state index in [1.807, 2.05) is 19.1 Å². The van der Waals surface area contributed by atoms with Crippen LogP contribution >= 0.6 is 0 Å². The van der Waals surface area contributed by atoms with Crippen LogP contribution in [0.15, 0.2) is 24.3 Å². The van der Waals surface area contributed by atoms with Crippen LogP contribution in [0, 0.1) is 10.1 Å². The van der Waals surface area contributed by atoms with E-state index in [0.29, 0.717) is 13.0 Å². The summed E-state index contributed by atoms with van der Waals surface area (Å²) in [6.07, 6.45) is 2.67. The van der Waals surface area contributed by atoms with Crippen molar-refractivity contribution in [2.24, 2.45) is 0 Å². The molecule has 1 aromatic carbocycles. The molecule has 1 fully saturated rings. The molecule has 1 aromatic rings. The van der Waals surface area contributed by atoms with Crippen LogP contribution in [0.3, 0.4) is 0 Å². The summed E-state index contributed by atoms with van der Waals surface area (Å²) in [4.78, 5) is 27.1. The number of hydrogen-bond donors (Lipinski definition) is 0. The SMILES string of the molecule is CCCCN1CCN(Cc2ccc([N+](=O)[O-])cc2)CC1CC(=O)OCC. The third kappa shape index (κ3) is 6.07. The second-order valence-electron chi connectivity index (χ2n) is 6.71. The Labute approximate surface area is 155 Å². The Morgan fingerprint density at radius 2 is 2.00 bits per heavy atom. The van der Waals surface area contributed by atoms with E-state index in [2.05, 4.69) is 16.7 Å². The standard InChI is InChI=1S/C19H29N3O4/c1-3-5-10-21-12-11-20(15-18(21)13-19(23)26-4-2)14-16-6-8-17(9-7-16)22(24)25/h6-9,18H,3-5,10-15H2,1-2H3. The molecule has 1 aliphatic heterocycles. The number of unbranched alkanes of at least 4 members (excludes halogenated alkanes) is 1. The minimum Gasteiger partial charge on any atom is -0.466 e. The molecule has 1 heterocycles. The number of benzene rings is 1. The van der Waals surface area contributed by atoms with Gasteiger partial charge in [-0.15, -0.1) is 0 Å². The molecule has 1 saturated heterocycles. The van der Waals surface area contributed by atoms with Gasteiger partial charge in [0.2, 0.25) is 0 Å². The third-order valence-corrected chi connectivity index (χ3v) is 4.75. The molecule has 0 bridgehead atoms. The lowest BCUT2D eigenvalue weighted by molar-refractivity contribution is -0.384. The first-order valence-corrected chi connectivity index (χ1v) is 9.38. The highest BCUT2D eigenvalue weighted by atomic mass is 16.6. The van der Waals surface area contributed by atoms with Gasteiger partial charge in [0.25, 0.3) is 5.69 Å². The van der Waals surface area contributed by atoms with Crippen molar-refractivity contribution in [3.05, 3.63) is 39.9 Å². The second kappa shape index (κ2) is 10.2. The quantitative estimate of drug-likeness (QED) is 0.381. The number of carbonyl (C=O) groups excluding carboxylic acids is 1. The smallest absolute Gasteiger partial charge is 0.307 e. The van der Waals surface area contributed by atoms with Crippen molar-refractivity contribution in [2.45, 2.75) is 45.7 Å². The maximum absolute atomic E-state index is 12.0. The number of hydrogen-bond acceptors (Lipinski definition) is 6. The molecular weight excluding hydrogens is 334 g/mol. The van der Waals surface area contributed by atoms with Gasteiger partial charge in [-0.25, -0.2) is 0 Å². The number of ether oxygens (including phenoxy) is 1. The third-order valence-electron chi connectivity index (χ3n) is 4.75. The molecule has 0 aliphatic carbocycles. The normalized spacial score (nSPS) is 18.6. The van der Waals surface area contributed by atoms with Crippen molar-refractivity contribution in [1.29, 1.82) is 0 Å². The zero-order chi connectivity index (χ0) is 18.9. The van der Waals surface area contributed by atoms with Gasteiger partial charge in [-0.2, -0.15) is 0 Å². The van der Waals surface area contributed by atoms with Crippen molar-refractivity contribution in [3.8, 4) is 0 Å². The number of nitrogens with zero attached hydrogens (tertiary/aromatic N) is 3. The number of carbonyl (C=O) groups is 1. The summed E-state index contributed by atoms with van der Waals surface area (Å²) >= 11 is 0. The maximum Gasteiger partial charge on any atom is 0.307 e. The van der Waals surface area contributed by atoms with Gasteiger partial charge in [-0.05, 0) is 25.5 Å². The van der Waals surface area contributed by atoms with Crippen molar-refractivity contribution in [1.82, 2.24) is 9.80 Å².